The van der Waals surface area contributed by atoms with E-state index in [2.05, 4.69) is 0 Å². The summed E-state index contributed by atoms with van der Waals surface area (Å²) in [4.78, 5) is 41.7. The zero-order chi connectivity index (χ0) is 15.7. The Bertz CT molecular complexity index is 732. The minimum atomic E-state index is -0.753. The molecule has 1 aromatic heterocycles. The zero-order valence-corrected chi connectivity index (χ0v) is 12.4. The van der Waals surface area contributed by atoms with Gasteiger partial charge in [0.25, 0.3) is 11.8 Å². The molecule has 0 N–H and O–H groups in total. The highest BCUT2D eigenvalue weighted by Crippen LogP contribution is 2.25. The number of carbonyl (C=O) groups excluding carboxylic acids is 3. The minimum Gasteiger partial charge on any atom is -0.380 e. The third kappa shape index (κ3) is 2.30. The third-order valence-corrected chi connectivity index (χ3v) is 4.10. The van der Waals surface area contributed by atoms with Gasteiger partial charge in [0.1, 0.15) is 4.88 Å². The summed E-state index contributed by atoms with van der Waals surface area (Å²) in [5.74, 6) is -2.03. The van der Waals surface area contributed by atoms with Crippen molar-refractivity contribution in [1.29, 1.82) is 0 Å². The van der Waals surface area contributed by atoms with Gasteiger partial charge >= 0.3 is 5.97 Å². The maximum atomic E-state index is 12.2. The fraction of sp³-hybridized carbons (Fsp3) is 0.133. The number of fused-ring (bicyclic) bond motifs is 1. The number of ether oxygens (including phenoxy) is 1. The summed E-state index contributed by atoms with van der Waals surface area (Å²) >= 11 is 1.16. The molecule has 0 atom stereocenters. The van der Waals surface area contributed by atoms with Gasteiger partial charge in [0, 0.05) is 12.7 Å². The molecule has 0 aliphatic carbocycles. The number of nitrogens with zero attached hydrogens (tertiary/aromatic N) is 1. The molecule has 2 heterocycles. The summed E-state index contributed by atoms with van der Waals surface area (Å²) in [6.45, 7) is 0.246. The fourth-order valence-corrected chi connectivity index (χ4v) is 2.94. The lowest BCUT2D eigenvalue weighted by Gasteiger charge is -2.12. The number of methoxy groups -OCH3 is 1. The number of imide groups is 1. The number of carbonyl (C=O) groups is 3. The summed E-state index contributed by atoms with van der Waals surface area (Å²) in [6.07, 6.45) is 0. The lowest BCUT2D eigenvalue weighted by Crippen LogP contribution is -2.32. The number of benzene rings is 1. The molecule has 0 unspecified atom stereocenters. The Labute approximate surface area is 129 Å². The third-order valence-electron chi connectivity index (χ3n) is 3.16. The predicted molar refractivity (Wildman–Crippen MR) is 77.4 cm³/mol. The van der Waals surface area contributed by atoms with Gasteiger partial charge in [0.05, 0.1) is 17.7 Å². The van der Waals surface area contributed by atoms with E-state index in [0.29, 0.717) is 15.5 Å². The Kier molecular flexibility index (Phi) is 3.74. The minimum absolute atomic E-state index is 0.226. The fourth-order valence-electron chi connectivity index (χ4n) is 2.16. The van der Waals surface area contributed by atoms with Crippen LogP contribution in [0.25, 0.3) is 0 Å². The van der Waals surface area contributed by atoms with Crippen molar-refractivity contribution >= 4 is 29.1 Å². The molecule has 3 rings (SSSR count). The molecule has 22 heavy (non-hydrogen) atoms. The zero-order valence-electron chi connectivity index (χ0n) is 11.6. The van der Waals surface area contributed by atoms with Crippen LogP contribution in [-0.2, 0) is 16.2 Å². The quantitative estimate of drug-likeness (QED) is 0.809. The largest absolute Gasteiger partial charge is 0.380 e. The summed E-state index contributed by atoms with van der Waals surface area (Å²) < 4.78 is 4.99. The molecule has 1 aliphatic heterocycles. The van der Waals surface area contributed by atoms with Crippen molar-refractivity contribution in [3.63, 3.8) is 0 Å². The maximum Gasteiger partial charge on any atom is 0.374 e. The molecule has 7 heteroatoms. The molecular weight excluding hydrogens is 306 g/mol. The first-order valence-corrected chi connectivity index (χ1v) is 7.27. The predicted octanol–water partition coefficient (Wildman–Crippen LogP) is 2.26. The lowest BCUT2D eigenvalue weighted by molar-refractivity contribution is -0.0582. The van der Waals surface area contributed by atoms with Gasteiger partial charge in [-0.05, 0) is 23.6 Å². The van der Waals surface area contributed by atoms with Crippen LogP contribution < -0.4 is 0 Å². The average Bonchev–Trinajstić information content (AvgIpc) is 3.07. The van der Waals surface area contributed by atoms with Gasteiger partial charge in [-0.2, -0.15) is 0 Å². The Morgan fingerprint density at radius 2 is 1.77 bits per heavy atom. The first-order chi connectivity index (χ1) is 10.6. The summed E-state index contributed by atoms with van der Waals surface area (Å²) in [7, 11) is 1.51. The molecule has 6 nitrogen and oxygen atoms in total. The second kappa shape index (κ2) is 5.70. The van der Waals surface area contributed by atoms with Gasteiger partial charge < -0.3 is 9.57 Å². The van der Waals surface area contributed by atoms with E-state index < -0.39 is 17.8 Å². The highest BCUT2D eigenvalue weighted by atomic mass is 32.1. The Hall–Kier alpha value is -2.51. The van der Waals surface area contributed by atoms with Gasteiger partial charge in [-0.1, -0.05) is 17.2 Å². The Morgan fingerprint density at radius 3 is 2.36 bits per heavy atom. The molecule has 0 bridgehead atoms. The highest BCUT2D eigenvalue weighted by Gasteiger charge is 2.39. The number of hydrogen-bond acceptors (Lipinski definition) is 6. The van der Waals surface area contributed by atoms with Crippen LogP contribution in [0.5, 0.6) is 0 Å². The monoisotopic (exact) mass is 317 g/mol. The molecule has 0 radical (unpaired) electrons. The Morgan fingerprint density at radius 1 is 1.14 bits per heavy atom. The van der Waals surface area contributed by atoms with Crippen LogP contribution in [-0.4, -0.2) is 30.0 Å². The molecule has 2 amide bonds. The van der Waals surface area contributed by atoms with Crippen LogP contribution in [0, 0.1) is 0 Å². The van der Waals surface area contributed by atoms with Crippen molar-refractivity contribution in [3.8, 4) is 0 Å². The van der Waals surface area contributed by atoms with E-state index in [1.807, 2.05) is 0 Å². The van der Waals surface area contributed by atoms with Gasteiger partial charge in [-0.25, -0.2) is 4.79 Å². The van der Waals surface area contributed by atoms with Gasteiger partial charge in [0.2, 0.25) is 0 Å². The van der Waals surface area contributed by atoms with Gasteiger partial charge in [-0.15, -0.1) is 11.3 Å². The van der Waals surface area contributed by atoms with Crippen molar-refractivity contribution in [2.75, 3.05) is 7.11 Å². The molecule has 1 aliphatic rings. The second-order valence-electron chi connectivity index (χ2n) is 4.54. The lowest BCUT2D eigenvalue weighted by atomic mass is 10.1. The van der Waals surface area contributed by atoms with Crippen LogP contribution >= 0.6 is 11.3 Å². The summed E-state index contributed by atoms with van der Waals surface area (Å²) in [6, 6.07) is 8.06. The first-order valence-electron chi connectivity index (χ1n) is 6.39. The van der Waals surface area contributed by atoms with Gasteiger partial charge in [0.15, 0.2) is 0 Å². The topological polar surface area (TPSA) is 72.9 Å². The van der Waals surface area contributed by atoms with E-state index in [9.17, 15) is 14.4 Å². The Balaban J connectivity index is 1.82. The summed E-state index contributed by atoms with van der Waals surface area (Å²) in [5.41, 5.74) is 1.10. The van der Waals surface area contributed by atoms with Crippen LogP contribution in [0.15, 0.2) is 35.7 Å². The maximum absolute atomic E-state index is 12.2. The molecular formula is C15H11NO5S. The molecule has 112 valence electrons. The standard InChI is InChI=1S/C15H11NO5S/c1-20-8-9-6-7-22-12(9)15(19)21-16-13(17)10-4-2-3-5-11(10)14(16)18/h2-7H,8H2,1H3. The smallest absolute Gasteiger partial charge is 0.374 e. The van der Waals surface area contributed by atoms with E-state index in [4.69, 9.17) is 9.57 Å². The van der Waals surface area contributed by atoms with Crippen molar-refractivity contribution in [3.05, 3.63) is 57.3 Å². The summed E-state index contributed by atoms with van der Waals surface area (Å²) in [5, 5.41) is 2.22. The van der Waals surface area contributed by atoms with Crippen LogP contribution in [0.4, 0.5) is 0 Å². The van der Waals surface area contributed by atoms with Gasteiger partial charge in [-0.3, -0.25) is 9.59 Å². The number of hydrogen-bond donors (Lipinski definition) is 0. The normalized spacial score (nSPS) is 13.4. The molecule has 0 spiro atoms. The number of hydroxylamine groups is 2. The van der Waals surface area contributed by atoms with Crippen molar-refractivity contribution in [2.45, 2.75) is 6.61 Å². The highest BCUT2D eigenvalue weighted by molar-refractivity contribution is 7.12. The SMILES string of the molecule is COCc1ccsc1C(=O)ON1C(=O)c2ccccc2C1=O. The molecule has 1 aromatic carbocycles. The number of rotatable bonds is 4. The second-order valence-corrected chi connectivity index (χ2v) is 5.45. The number of thiophene rings is 1. The van der Waals surface area contributed by atoms with E-state index >= 15 is 0 Å². The first kappa shape index (κ1) is 14.4. The average molecular weight is 317 g/mol. The van der Waals surface area contributed by atoms with Crippen LogP contribution in [0.1, 0.15) is 36.0 Å². The van der Waals surface area contributed by atoms with Crippen LogP contribution in [0.2, 0.25) is 0 Å². The molecule has 2 aromatic rings. The van der Waals surface area contributed by atoms with E-state index in [1.54, 1.807) is 23.6 Å². The molecule has 0 saturated heterocycles. The molecule has 0 fully saturated rings. The van der Waals surface area contributed by atoms with Crippen LogP contribution in [0.3, 0.4) is 0 Å². The van der Waals surface area contributed by atoms with Crippen molar-refractivity contribution in [2.24, 2.45) is 0 Å². The van der Waals surface area contributed by atoms with Crippen molar-refractivity contribution in [1.82, 2.24) is 5.06 Å². The molecule has 0 saturated carbocycles. The van der Waals surface area contributed by atoms with E-state index in [-0.39, 0.29) is 17.7 Å². The van der Waals surface area contributed by atoms with Crippen molar-refractivity contribution < 1.29 is 24.0 Å². The van der Waals surface area contributed by atoms with E-state index in [0.717, 1.165) is 11.3 Å². The van der Waals surface area contributed by atoms with E-state index in [1.165, 1.54) is 19.2 Å². The number of amides is 2.